The van der Waals surface area contributed by atoms with Crippen molar-refractivity contribution >= 4 is 34.2 Å². The summed E-state index contributed by atoms with van der Waals surface area (Å²) in [6, 6.07) is 21.6. The van der Waals surface area contributed by atoms with Crippen molar-refractivity contribution < 1.29 is 19.1 Å². The summed E-state index contributed by atoms with van der Waals surface area (Å²) in [7, 11) is 0. The van der Waals surface area contributed by atoms with Crippen molar-refractivity contribution in [2.24, 2.45) is 0 Å². The molecule has 0 fully saturated rings. The van der Waals surface area contributed by atoms with E-state index in [4.69, 9.17) is 14.5 Å². The number of fused-ring (bicyclic) bond motifs is 2. The third kappa shape index (κ3) is 4.86. The Morgan fingerprint density at radius 1 is 0.857 bits per heavy atom. The van der Waals surface area contributed by atoms with Gasteiger partial charge in [-0.15, -0.1) is 0 Å². The third-order valence-corrected chi connectivity index (χ3v) is 5.51. The second-order valence-electron chi connectivity index (χ2n) is 7.95. The molecule has 5 rings (SSSR count). The van der Waals surface area contributed by atoms with Crippen LogP contribution in [0.4, 0.5) is 16.2 Å². The number of rotatable bonds is 5. The molecule has 0 aliphatic carbocycles. The molecule has 8 heteroatoms. The smallest absolute Gasteiger partial charge is 0.319 e. The molecule has 2 heterocycles. The minimum Gasteiger partial charge on any atom is -0.486 e. The lowest BCUT2D eigenvalue weighted by molar-refractivity contribution is 0.102. The van der Waals surface area contributed by atoms with Gasteiger partial charge in [0, 0.05) is 28.9 Å². The fourth-order valence-corrected chi connectivity index (χ4v) is 3.92. The van der Waals surface area contributed by atoms with E-state index in [-0.39, 0.29) is 11.9 Å². The van der Waals surface area contributed by atoms with Crippen molar-refractivity contribution in [2.45, 2.75) is 6.92 Å². The zero-order valence-corrected chi connectivity index (χ0v) is 19.1. The van der Waals surface area contributed by atoms with Crippen molar-refractivity contribution in [2.75, 3.05) is 30.4 Å². The number of hydrogen-bond donors (Lipinski definition) is 3. The molecule has 8 nitrogen and oxygen atoms in total. The SMILES string of the molecule is CCNC(=O)Nc1cccc(NC(=O)c2cc(-c3ccc4c(c3)OCCO4)nc3ccccc23)c1. The quantitative estimate of drug-likeness (QED) is 0.380. The Morgan fingerprint density at radius 3 is 2.46 bits per heavy atom. The average molecular weight is 469 g/mol. The summed E-state index contributed by atoms with van der Waals surface area (Å²) < 4.78 is 11.3. The molecule has 0 spiro atoms. The second kappa shape index (κ2) is 9.72. The molecule has 3 N–H and O–H groups in total. The van der Waals surface area contributed by atoms with E-state index in [0.717, 1.165) is 10.9 Å². The van der Waals surface area contributed by atoms with Gasteiger partial charge in [-0.05, 0) is 55.5 Å². The van der Waals surface area contributed by atoms with Gasteiger partial charge in [-0.1, -0.05) is 24.3 Å². The standard InChI is InChI=1S/C27H24N4O4/c1-2-28-27(33)30-19-7-5-6-18(15-19)29-26(32)21-16-23(31-22-9-4-3-8-20(21)22)17-10-11-24-25(14-17)35-13-12-34-24/h3-11,14-16H,2,12-13H2,1H3,(H,29,32)(H2,28,30,33). The van der Waals surface area contributed by atoms with Crippen LogP contribution in [0.1, 0.15) is 17.3 Å². The van der Waals surface area contributed by atoms with Gasteiger partial charge in [0.2, 0.25) is 0 Å². The van der Waals surface area contributed by atoms with E-state index in [1.807, 2.05) is 49.4 Å². The number of amides is 3. The summed E-state index contributed by atoms with van der Waals surface area (Å²) in [5, 5.41) is 9.11. The minimum absolute atomic E-state index is 0.280. The molecule has 3 aromatic carbocycles. The summed E-state index contributed by atoms with van der Waals surface area (Å²) in [6.45, 7) is 3.37. The zero-order valence-electron chi connectivity index (χ0n) is 19.1. The lowest BCUT2D eigenvalue weighted by Gasteiger charge is -2.19. The Balaban J connectivity index is 1.47. The van der Waals surface area contributed by atoms with Gasteiger partial charge in [-0.25, -0.2) is 9.78 Å². The number of aromatic nitrogens is 1. The molecular weight excluding hydrogens is 444 g/mol. The van der Waals surface area contributed by atoms with Crippen LogP contribution in [0.2, 0.25) is 0 Å². The highest BCUT2D eigenvalue weighted by Gasteiger charge is 2.17. The Kier molecular flexibility index (Phi) is 6.17. The number of ether oxygens (including phenoxy) is 2. The van der Waals surface area contributed by atoms with Gasteiger partial charge >= 0.3 is 6.03 Å². The van der Waals surface area contributed by atoms with E-state index in [1.165, 1.54) is 0 Å². The van der Waals surface area contributed by atoms with E-state index in [1.54, 1.807) is 30.3 Å². The van der Waals surface area contributed by atoms with Crippen molar-refractivity contribution in [3.05, 3.63) is 78.4 Å². The van der Waals surface area contributed by atoms with Crippen LogP contribution in [-0.2, 0) is 0 Å². The fraction of sp³-hybridized carbons (Fsp3) is 0.148. The number of nitrogens with one attached hydrogen (secondary N) is 3. The lowest BCUT2D eigenvalue weighted by Crippen LogP contribution is -2.28. The second-order valence-corrected chi connectivity index (χ2v) is 7.95. The van der Waals surface area contributed by atoms with Gasteiger partial charge in [-0.3, -0.25) is 4.79 Å². The summed E-state index contributed by atoms with van der Waals surface area (Å²) >= 11 is 0. The lowest BCUT2D eigenvalue weighted by atomic mass is 10.0. The molecule has 0 saturated carbocycles. The van der Waals surface area contributed by atoms with Gasteiger partial charge in [-0.2, -0.15) is 0 Å². The van der Waals surface area contributed by atoms with Crippen LogP contribution in [0.3, 0.4) is 0 Å². The van der Waals surface area contributed by atoms with Crippen LogP contribution in [0, 0.1) is 0 Å². The number of carbonyl (C=O) groups is 2. The predicted molar refractivity (Wildman–Crippen MR) is 135 cm³/mol. The number of carbonyl (C=O) groups excluding carboxylic acids is 2. The average Bonchev–Trinajstić information content (AvgIpc) is 2.88. The van der Waals surface area contributed by atoms with Crippen LogP contribution < -0.4 is 25.4 Å². The minimum atomic E-state index is -0.305. The first-order chi connectivity index (χ1) is 17.1. The van der Waals surface area contributed by atoms with E-state index in [0.29, 0.717) is 59.4 Å². The molecule has 0 saturated heterocycles. The largest absolute Gasteiger partial charge is 0.486 e. The Hall–Kier alpha value is -4.59. The Morgan fingerprint density at radius 2 is 1.63 bits per heavy atom. The maximum atomic E-state index is 13.4. The molecule has 4 aromatic rings. The topological polar surface area (TPSA) is 102 Å². The maximum absolute atomic E-state index is 13.4. The van der Waals surface area contributed by atoms with Gasteiger partial charge < -0.3 is 25.4 Å². The van der Waals surface area contributed by atoms with Crippen molar-refractivity contribution in [3.8, 4) is 22.8 Å². The number of anilines is 2. The number of hydrogen-bond acceptors (Lipinski definition) is 5. The van der Waals surface area contributed by atoms with Crippen molar-refractivity contribution in [1.82, 2.24) is 10.3 Å². The number of para-hydroxylation sites is 1. The number of nitrogens with zero attached hydrogens (tertiary/aromatic N) is 1. The number of benzene rings is 3. The van der Waals surface area contributed by atoms with Crippen molar-refractivity contribution in [1.29, 1.82) is 0 Å². The molecule has 0 atom stereocenters. The molecule has 3 amide bonds. The zero-order chi connectivity index (χ0) is 24.2. The monoisotopic (exact) mass is 468 g/mol. The highest BCUT2D eigenvalue weighted by molar-refractivity contribution is 6.13. The fourth-order valence-electron chi connectivity index (χ4n) is 3.92. The van der Waals surface area contributed by atoms with Crippen LogP contribution >= 0.6 is 0 Å². The van der Waals surface area contributed by atoms with E-state index >= 15 is 0 Å². The molecule has 0 unspecified atom stereocenters. The Bertz CT molecular complexity index is 1420. The summed E-state index contributed by atoms with van der Waals surface area (Å²) in [5.74, 6) is 1.07. The number of pyridine rings is 1. The van der Waals surface area contributed by atoms with Crippen LogP contribution in [-0.4, -0.2) is 36.7 Å². The molecule has 1 aromatic heterocycles. The first-order valence-corrected chi connectivity index (χ1v) is 11.4. The van der Waals surface area contributed by atoms with E-state index < -0.39 is 0 Å². The van der Waals surface area contributed by atoms with Gasteiger partial charge in [0.05, 0.1) is 16.8 Å². The van der Waals surface area contributed by atoms with Gasteiger partial charge in [0.25, 0.3) is 5.91 Å². The highest BCUT2D eigenvalue weighted by Crippen LogP contribution is 2.35. The third-order valence-electron chi connectivity index (χ3n) is 5.51. The van der Waals surface area contributed by atoms with Crippen LogP contribution in [0.25, 0.3) is 22.2 Å². The maximum Gasteiger partial charge on any atom is 0.319 e. The van der Waals surface area contributed by atoms with Gasteiger partial charge in [0.1, 0.15) is 13.2 Å². The van der Waals surface area contributed by atoms with Crippen LogP contribution in [0.15, 0.2) is 72.8 Å². The van der Waals surface area contributed by atoms with E-state index in [9.17, 15) is 9.59 Å². The highest BCUT2D eigenvalue weighted by atomic mass is 16.6. The molecule has 1 aliphatic rings. The molecular formula is C27H24N4O4. The normalized spacial score (nSPS) is 12.1. The van der Waals surface area contributed by atoms with Crippen molar-refractivity contribution in [3.63, 3.8) is 0 Å². The van der Waals surface area contributed by atoms with E-state index in [2.05, 4.69) is 16.0 Å². The molecule has 35 heavy (non-hydrogen) atoms. The first-order valence-electron chi connectivity index (χ1n) is 11.4. The summed E-state index contributed by atoms with van der Waals surface area (Å²) in [4.78, 5) is 30.0. The molecule has 1 aliphatic heterocycles. The molecule has 0 bridgehead atoms. The first kappa shape index (κ1) is 22.2. The predicted octanol–water partition coefficient (Wildman–Crippen LogP) is 5.07. The molecule has 0 radical (unpaired) electrons. The molecule has 176 valence electrons. The summed E-state index contributed by atoms with van der Waals surface area (Å²) in [6.07, 6.45) is 0. The summed E-state index contributed by atoms with van der Waals surface area (Å²) in [5.41, 5.74) is 3.80. The number of urea groups is 1. The van der Waals surface area contributed by atoms with Crippen LogP contribution in [0.5, 0.6) is 11.5 Å². The van der Waals surface area contributed by atoms with Gasteiger partial charge in [0.15, 0.2) is 11.5 Å². The Labute approximate surface area is 202 Å².